The molecular weight excluding hydrogens is 198 g/mol. The Morgan fingerprint density at radius 2 is 2.36 bits per heavy atom. The molecule has 2 N–H and O–H groups in total. The van der Waals surface area contributed by atoms with Gasteiger partial charge < -0.3 is 10.5 Å². The first-order valence-corrected chi connectivity index (χ1v) is 4.76. The first kappa shape index (κ1) is 11.1. The minimum Gasteiger partial charge on any atom is -0.495 e. The summed E-state index contributed by atoms with van der Waals surface area (Å²) in [6.07, 6.45) is 2.53. The van der Waals surface area contributed by atoms with Gasteiger partial charge >= 0.3 is 0 Å². The molecular formula is C11H14ClNO. The maximum absolute atomic E-state index is 5.97. The van der Waals surface area contributed by atoms with Gasteiger partial charge in [0.25, 0.3) is 0 Å². The molecule has 0 heterocycles. The zero-order chi connectivity index (χ0) is 10.6. The van der Waals surface area contributed by atoms with Gasteiger partial charge in [0.15, 0.2) is 0 Å². The van der Waals surface area contributed by atoms with E-state index in [2.05, 4.69) is 6.58 Å². The van der Waals surface area contributed by atoms with Crippen LogP contribution in [0.4, 0.5) is 0 Å². The summed E-state index contributed by atoms with van der Waals surface area (Å²) >= 11 is 5.97. The second-order valence-electron chi connectivity index (χ2n) is 3.02. The largest absolute Gasteiger partial charge is 0.495 e. The smallest absolute Gasteiger partial charge is 0.137 e. The standard InChI is InChI=1S/C11H14ClNO/c1-3-4-10(13)8-5-6-11(14-2)9(12)7-8/h3,5-7,10H,1,4,13H2,2H3/t10-/m0/s1. The van der Waals surface area contributed by atoms with Gasteiger partial charge in [0.2, 0.25) is 0 Å². The number of ether oxygens (including phenoxy) is 1. The van der Waals surface area contributed by atoms with Gasteiger partial charge in [-0.3, -0.25) is 0 Å². The van der Waals surface area contributed by atoms with E-state index in [1.807, 2.05) is 18.2 Å². The maximum Gasteiger partial charge on any atom is 0.137 e. The van der Waals surface area contributed by atoms with Gasteiger partial charge in [-0.15, -0.1) is 6.58 Å². The summed E-state index contributed by atoms with van der Waals surface area (Å²) in [5, 5.41) is 0.588. The molecule has 0 spiro atoms. The van der Waals surface area contributed by atoms with Crippen molar-refractivity contribution in [3.8, 4) is 5.75 Å². The van der Waals surface area contributed by atoms with E-state index in [0.29, 0.717) is 10.8 Å². The second kappa shape index (κ2) is 5.03. The topological polar surface area (TPSA) is 35.2 Å². The van der Waals surface area contributed by atoms with Crippen molar-refractivity contribution in [2.75, 3.05) is 7.11 Å². The van der Waals surface area contributed by atoms with Gasteiger partial charge in [-0.25, -0.2) is 0 Å². The number of halogens is 1. The lowest BCUT2D eigenvalue weighted by Crippen LogP contribution is -2.08. The average Bonchev–Trinajstić information content (AvgIpc) is 2.18. The summed E-state index contributed by atoms with van der Waals surface area (Å²) in [6, 6.07) is 5.52. The molecule has 0 radical (unpaired) electrons. The van der Waals surface area contributed by atoms with Gasteiger partial charge in [-0.2, -0.15) is 0 Å². The van der Waals surface area contributed by atoms with Crippen LogP contribution in [0.25, 0.3) is 0 Å². The number of rotatable bonds is 4. The molecule has 0 aliphatic carbocycles. The third-order valence-electron chi connectivity index (χ3n) is 2.02. The number of hydrogen-bond donors (Lipinski definition) is 1. The van der Waals surface area contributed by atoms with Gasteiger partial charge in [0.05, 0.1) is 12.1 Å². The van der Waals surface area contributed by atoms with Crippen molar-refractivity contribution in [3.05, 3.63) is 41.4 Å². The van der Waals surface area contributed by atoms with E-state index in [-0.39, 0.29) is 6.04 Å². The van der Waals surface area contributed by atoms with Crippen molar-refractivity contribution >= 4 is 11.6 Å². The third-order valence-corrected chi connectivity index (χ3v) is 2.32. The highest BCUT2D eigenvalue weighted by Gasteiger charge is 2.07. The van der Waals surface area contributed by atoms with Crippen LogP contribution in [0.2, 0.25) is 5.02 Å². The summed E-state index contributed by atoms with van der Waals surface area (Å²) in [6.45, 7) is 3.64. The molecule has 1 aromatic carbocycles. The Hall–Kier alpha value is -0.990. The van der Waals surface area contributed by atoms with Crippen molar-refractivity contribution in [1.29, 1.82) is 0 Å². The second-order valence-corrected chi connectivity index (χ2v) is 3.43. The SMILES string of the molecule is C=CC[C@H](N)c1ccc(OC)c(Cl)c1. The Morgan fingerprint density at radius 1 is 1.64 bits per heavy atom. The first-order chi connectivity index (χ1) is 6.69. The van der Waals surface area contributed by atoms with Crippen LogP contribution in [0.3, 0.4) is 0 Å². The van der Waals surface area contributed by atoms with Crippen molar-refractivity contribution < 1.29 is 4.74 Å². The molecule has 0 aromatic heterocycles. The number of hydrogen-bond acceptors (Lipinski definition) is 2. The predicted molar refractivity (Wildman–Crippen MR) is 59.7 cm³/mol. The van der Waals surface area contributed by atoms with Gasteiger partial charge in [0, 0.05) is 6.04 Å². The number of nitrogens with two attached hydrogens (primary N) is 1. The lowest BCUT2D eigenvalue weighted by atomic mass is 10.0. The molecule has 0 unspecified atom stereocenters. The van der Waals surface area contributed by atoms with Crippen LogP contribution in [-0.4, -0.2) is 7.11 Å². The normalized spacial score (nSPS) is 12.2. The predicted octanol–water partition coefficient (Wildman–Crippen LogP) is 2.92. The fraction of sp³-hybridized carbons (Fsp3) is 0.273. The fourth-order valence-electron chi connectivity index (χ4n) is 1.23. The highest BCUT2D eigenvalue weighted by molar-refractivity contribution is 6.32. The van der Waals surface area contributed by atoms with Crippen molar-refractivity contribution in [2.24, 2.45) is 5.73 Å². The van der Waals surface area contributed by atoms with Crippen molar-refractivity contribution in [2.45, 2.75) is 12.5 Å². The van der Waals surface area contributed by atoms with Crippen molar-refractivity contribution in [3.63, 3.8) is 0 Å². The summed E-state index contributed by atoms with van der Waals surface area (Å²) in [7, 11) is 1.59. The molecule has 0 aliphatic rings. The van der Waals surface area contributed by atoms with E-state index in [1.54, 1.807) is 13.2 Å². The zero-order valence-electron chi connectivity index (χ0n) is 8.16. The molecule has 1 atom stereocenters. The number of benzene rings is 1. The summed E-state index contributed by atoms with van der Waals surface area (Å²) < 4.78 is 5.05. The van der Waals surface area contributed by atoms with E-state index in [0.717, 1.165) is 12.0 Å². The molecule has 0 aliphatic heterocycles. The van der Waals surface area contributed by atoms with Crippen LogP contribution in [-0.2, 0) is 0 Å². The average molecular weight is 212 g/mol. The molecule has 0 amide bonds. The summed E-state index contributed by atoms with van der Waals surface area (Å²) in [5.74, 6) is 0.668. The van der Waals surface area contributed by atoms with Crippen LogP contribution in [0.5, 0.6) is 5.75 Å². The minimum atomic E-state index is -0.0455. The van der Waals surface area contributed by atoms with E-state index < -0.39 is 0 Å². The molecule has 3 heteroatoms. The van der Waals surface area contributed by atoms with Crippen LogP contribution >= 0.6 is 11.6 Å². The van der Waals surface area contributed by atoms with E-state index in [9.17, 15) is 0 Å². The van der Waals surface area contributed by atoms with Crippen LogP contribution in [0.1, 0.15) is 18.0 Å². The zero-order valence-corrected chi connectivity index (χ0v) is 8.92. The minimum absolute atomic E-state index is 0.0455. The highest BCUT2D eigenvalue weighted by atomic mass is 35.5. The first-order valence-electron chi connectivity index (χ1n) is 4.39. The molecule has 0 saturated heterocycles. The monoisotopic (exact) mass is 211 g/mol. The lowest BCUT2D eigenvalue weighted by Gasteiger charge is -2.11. The van der Waals surface area contributed by atoms with Gasteiger partial charge in [0.1, 0.15) is 5.75 Å². The highest BCUT2D eigenvalue weighted by Crippen LogP contribution is 2.27. The van der Waals surface area contributed by atoms with Gasteiger partial charge in [-0.1, -0.05) is 23.7 Å². The molecule has 1 aromatic rings. The molecule has 76 valence electrons. The fourth-order valence-corrected chi connectivity index (χ4v) is 1.50. The molecule has 2 nitrogen and oxygen atoms in total. The van der Waals surface area contributed by atoms with E-state index >= 15 is 0 Å². The Balaban J connectivity index is 2.90. The summed E-state index contributed by atoms with van der Waals surface area (Å²) in [4.78, 5) is 0. The van der Waals surface area contributed by atoms with E-state index in [1.165, 1.54) is 0 Å². The van der Waals surface area contributed by atoms with E-state index in [4.69, 9.17) is 22.1 Å². The Morgan fingerprint density at radius 3 is 2.86 bits per heavy atom. The Labute approximate surface area is 89.3 Å². The maximum atomic E-state index is 5.97. The molecule has 0 fully saturated rings. The van der Waals surface area contributed by atoms with Crippen LogP contribution in [0, 0.1) is 0 Å². The molecule has 0 saturated carbocycles. The molecule has 1 rings (SSSR count). The number of methoxy groups -OCH3 is 1. The Kier molecular flexibility index (Phi) is 3.98. The Bertz CT molecular complexity index is 325. The van der Waals surface area contributed by atoms with Crippen molar-refractivity contribution in [1.82, 2.24) is 0 Å². The third kappa shape index (κ3) is 2.50. The lowest BCUT2D eigenvalue weighted by molar-refractivity contribution is 0.414. The van der Waals surface area contributed by atoms with Crippen LogP contribution in [0.15, 0.2) is 30.9 Å². The summed E-state index contributed by atoms with van der Waals surface area (Å²) in [5.41, 5.74) is 6.89. The molecule has 0 bridgehead atoms. The quantitative estimate of drug-likeness (QED) is 0.778. The molecule has 14 heavy (non-hydrogen) atoms. The van der Waals surface area contributed by atoms with Crippen LogP contribution < -0.4 is 10.5 Å². The van der Waals surface area contributed by atoms with Gasteiger partial charge in [-0.05, 0) is 24.1 Å².